The first-order valence-corrected chi connectivity index (χ1v) is 11.7. The Bertz CT molecular complexity index is 759. The maximum Gasteiger partial charge on any atom is 0.264 e. The Morgan fingerprint density at radius 3 is 2.73 bits per heavy atom. The monoisotopic (exact) mass is 434 g/mol. The summed E-state index contributed by atoms with van der Waals surface area (Å²) in [4.78, 5) is 44.9. The van der Waals surface area contributed by atoms with E-state index < -0.39 is 6.04 Å². The summed E-state index contributed by atoms with van der Waals surface area (Å²) in [5.41, 5.74) is 0. The number of carbonyl (C=O) groups excluding carboxylic acids is 3. The molecule has 4 rings (SSSR count). The molecule has 1 N–H and O–H groups in total. The van der Waals surface area contributed by atoms with E-state index in [9.17, 15) is 14.4 Å². The van der Waals surface area contributed by atoms with Crippen LogP contribution in [0.25, 0.3) is 0 Å². The molecule has 1 aromatic heterocycles. The second-order valence-electron chi connectivity index (χ2n) is 8.22. The first-order chi connectivity index (χ1) is 14.5. The quantitative estimate of drug-likeness (QED) is 0.741. The van der Waals surface area contributed by atoms with Crippen molar-refractivity contribution < 1.29 is 19.1 Å². The number of ether oxygens (including phenoxy) is 1. The smallest absolute Gasteiger partial charge is 0.264 e. The van der Waals surface area contributed by atoms with Crippen LogP contribution in [0.1, 0.15) is 35.9 Å². The van der Waals surface area contributed by atoms with Crippen molar-refractivity contribution in [3.8, 4) is 0 Å². The Balaban J connectivity index is 1.54. The van der Waals surface area contributed by atoms with Crippen LogP contribution in [0.15, 0.2) is 17.5 Å². The molecule has 30 heavy (non-hydrogen) atoms. The topological polar surface area (TPSA) is 82.2 Å². The summed E-state index contributed by atoms with van der Waals surface area (Å²) in [6.45, 7) is 5.96. The zero-order valence-corrected chi connectivity index (χ0v) is 18.2. The molecule has 0 bridgehead atoms. The van der Waals surface area contributed by atoms with E-state index in [1.807, 2.05) is 27.3 Å². The van der Waals surface area contributed by atoms with Crippen molar-refractivity contribution in [2.45, 2.75) is 44.4 Å². The summed E-state index contributed by atoms with van der Waals surface area (Å²) in [5.74, 6) is -0.161. The Labute approximate surface area is 181 Å². The maximum atomic E-state index is 13.3. The molecular weight excluding hydrogens is 404 g/mol. The molecule has 0 spiro atoms. The van der Waals surface area contributed by atoms with Crippen molar-refractivity contribution in [3.05, 3.63) is 22.4 Å². The van der Waals surface area contributed by atoms with Crippen LogP contribution in [0.3, 0.4) is 0 Å². The predicted octanol–water partition coefficient (Wildman–Crippen LogP) is 0.791. The fourth-order valence-corrected chi connectivity index (χ4v) is 5.34. The Morgan fingerprint density at radius 1 is 1.30 bits per heavy atom. The third kappa shape index (κ3) is 4.53. The first-order valence-electron chi connectivity index (χ1n) is 10.8. The van der Waals surface area contributed by atoms with Crippen molar-refractivity contribution in [3.63, 3.8) is 0 Å². The minimum atomic E-state index is -0.506. The average Bonchev–Trinajstić information content (AvgIpc) is 3.53. The van der Waals surface area contributed by atoms with Gasteiger partial charge in [0, 0.05) is 52.8 Å². The molecule has 3 atom stereocenters. The number of nitrogens with zero attached hydrogens (tertiary/aromatic N) is 3. The number of hydrogen-bond acceptors (Lipinski definition) is 6. The molecule has 3 saturated heterocycles. The molecular formula is C21H30N4O4S. The number of piperazine rings is 1. The van der Waals surface area contributed by atoms with Crippen molar-refractivity contribution >= 4 is 29.1 Å². The van der Waals surface area contributed by atoms with Gasteiger partial charge in [-0.3, -0.25) is 14.4 Å². The van der Waals surface area contributed by atoms with Gasteiger partial charge in [-0.25, -0.2) is 0 Å². The van der Waals surface area contributed by atoms with Gasteiger partial charge in [0.2, 0.25) is 11.8 Å². The number of nitrogens with one attached hydrogen (secondary N) is 1. The highest BCUT2D eigenvalue weighted by atomic mass is 32.1. The number of amides is 3. The molecule has 0 radical (unpaired) electrons. The molecule has 4 heterocycles. The highest BCUT2D eigenvalue weighted by Gasteiger charge is 2.44. The number of thiophene rings is 1. The summed E-state index contributed by atoms with van der Waals surface area (Å²) in [5, 5.41) is 5.15. The number of hydrogen-bond donors (Lipinski definition) is 1. The summed E-state index contributed by atoms with van der Waals surface area (Å²) in [7, 11) is 0. The van der Waals surface area contributed by atoms with Crippen LogP contribution in [0.2, 0.25) is 0 Å². The van der Waals surface area contributed by atoms with E-state index >= 15 is 0 Å². The standard InChI is InChI=1S/C21H30N4O4S/c1-15(26)24-13-16(12-18(24)20(27)23-8-6-22-7-9-23)25(14-17-4-2-10-29-17)21(28)19-5-3-11-30-19/h3,5,11,16-18,22H,2,4,6-10,12-14H2,1H3. The van der Waals surface area contributed by atoms with Gasteiger partial charge >= 0.3 is 0 Å². The summed E-state index contributed by atoms with van der Waals surface area (Å²) >= 11 is 1.42. The Hall–Kier alpha value is -1.97. The lowest BCUT2D eigenvalue weighted by molar-refractivity contribution is -0.143. The molecule has 3 amide bonds. The lowest BCUT2D eigenvalue weighted by Gasteiger charge is -2.32. The van der Waals surface area contributed by atoms with Gasteiger partial charge in [0.1, 0.15) is 6.04 Å². The summed E-state index contributed by atoms with van der Waals surface area (Å²) < 4.78 is 5.80. The zero-order valence-electron chi connectivity index (χ0n) is 17.4. The van der Waals surface area contributed by atoms with Gasteiger partial charge in [-0.15, -0.1) is 11.3 Å². The first kappa shape index (κ1) is 21.3. The van der Waals surface area contributed by atoms with E-state index in [-0.39, 0.29) is 29.9 Å². The third-order valence-electron chi connectivity index (χ3n) is 6.26. The molecule has 3 fully saturated rings. The van der Waals surface area contributed by atoms with E-state index in [0.29, 0.717) is 37.5 Å². The second kappa shape index (κ2) is 9.45. The molecule has 3 aliphatic rings. The number of likely N-dealkylation sites (tertiary alicyclic amines) is 1. The van der Waals surface area contributed by atoms with Gasteiger partial charge < -0.3 is 24.8 Å². The van der Waals surface area contributed by atoms with Gasteiger partial charge in [-0.2, -0.15) is 0 Å². The van der Waals surface area contributed by atoms with Gasteiger partial charge in [0.25, 0.3) is 5.91 Å². The molecule has 0 saturated carbocycles. The number of rotatable bonds is 5. The summed E-state index contributed by atoms with van der Waals surface area (Å²) in [6.07, 6.45) is 2.43. The van der Waals surface area contributed by atoms with Crippen molar-refractivity contribution in [1.82, 2.24) is 20.0 Å². The Kier molecular flexibility index (Phi) is 6.70. The lowest BCUT2D eigenvalue weighted by Crippen LogP contribution is -2.53. The fourth-order valence-electron chi connectivity index (χ4n) is 4.67. The fraction of sp³-hybridized carbons (Fsp3) is 0.667. The van der Waals surface area contributed by atoms with Crippen LogP contribution >= 0.6 is 11.3 Å². The molecule has 164 valence electrons. The van der Waals surface area contributed by atoms with Crippen LogP contribution in [0.5, 0.6) is 0 Å². The molecule has 9 heteroatoms. The van der Waals surface area contributed by atoms with Gasteiger partial charge in [-0.1, -0.05) is 6.07 Å². The second-order valence-corrected chi connectivity index (χ2v) is 9.17. The van der Waals surface area contributed by atoms with E-state index in [0.717, 1.165) is 32.5 Å². The third-order valence-corrected chi connectivity index (χ3v) is 7.11. The van der Waals surface area contributed by atoms with E-state index in [1.54, 1.807) is 4.90 Å². The minimum Gasteiger partial charge on any atom is -0.376 e. The van der Waals surface area contributed by atoms with Crippen LogP contribution in [0.4, 0.5) is 0 Å². The van der Waals surface area contributed by atoms with Crippen LogP contribution in [-0.4, -0.2) is 96.5 Å². The van der Waals surface area contributed by atoms with E-state index in [1.165, 1.54) is 18.3 Å². The SMILES string of the molecule is CC(=O)N1CC(N(CC2CCCO2)C(=O)c2cccs2)CC1C(=O)N1CCNCC1. The van der Waals surface area contributed by atoms with Crippen LogP contribution in [-0.2, 0) is 14.3 Å². The predicted molar refractivity (Wildman–Crippen MR) is 113 cm³/mol. The molecule has 8 nitrogen and oxygen atoms in total. The Morgan fingerprint density at radius 2 is 2.10 bits per heavy atom. The van der Waals surface area contributed by atoms with Gasteiger partial charge in [0.05, 0.1) is 17.0 Å². The largest absolute Gasteiger partial charge is 0.376 e. The van der Waals surface area contributed by atoms with Gasteiger partial charge in [0.15, 0.2) is 0 Å². The van der Waals surface area contributed by atoms with Crippen molar-refractivity contribution in [1.29, 1.82) is 0 Å². The summed E-state index contributed by atoms with van der Waals surface area (Å²) in [6, 6.07) is 3.00. The van der Waals surface area contributed by atoms with Gasteiger partial charge in [-0.05, 0) is 30.7 Å². The highest BCUT2D eigenvalue weighted by Crippen LogP contribution is 2.28. The van der Waals surface area contributed by atoms with Crippen molar-refractivity contribution in [2.75, 3.05) is 45.9 Å². The molecule has 0 aliphatic carbocycles. The van der Waals surface area contributed by atoms with Crippen molar-refractivity contribution in [2.24, 2.45) is 0 Å². The lowest BCUT2D eigenvalue weighted by atomic mass is 10.1. The molecule has 1 aromatic rings. The number of carbonyl (C=O) groups is 3. The average molecular weight is 435 g/mol. The van der Waals surface area contributed by atoms with E-state index in [2.05, 4.69) is 5.32 Å². The molecule has 3 aliphatic heterocycles. The maximum absolute atomic E-state index is 13.3. The zero-order chi connectivity index (χ0) is 21.1. The van der Waals surface area contributed by atoms with Crippen LogP contribution in [0, 0.1) is 0 Å². The normalized spacial score (nSPS) is 26.8. The highest BCUT2D eigenvalue weighted by molar-refractivity contribution is 7.12. The minimum absolute atomic E-state index is 0.00478. The van der Waals surface area contributed by atoms with Crippen LogP contribution < -0.4 is 5.32 Å². The van der Waals surface area contributed by atoms with E-state index in [4.69, 9.17) is 4.74 Å². The molecule has 0 aromatic carbocycles. The molecule has 3 unspecified atom stereocenters.